The summed E-state index contributed by atoms with van der Waals surface area (Å²) in [5, 5.41) is 14.8. The maximum Gasteiger partial charge on any atom is 0.412 e. The van der Waals surface area contributed by atoms with Gasteiger partial charge in [-0.05, 0) is 35.5 Å². The van der Waals surface area contributed by atoms with Crippen LogP contribution in [0.25, 0.3) is 11.4 Å². The van der Waals surface area contributed by atoms with Crippen LogP contribution >= 0.6 is 0 Å². The van der Waals surface area contributed by atoms with Gasteiger partial charge in [0.05, 0.1) is 25.4 Å². The smallest absolute Gasteiger partial charge is 0.412 e. The van der Waals surface area contributed by atoms with Crippen LogP contribution in [0.15, 0.2) is 54.6 Å². The largest absolute Gasteiger partial charge is 0.462 e. The predicted octanol–water partition coefficient (Wildman–Crippen LogP) is 2.47. The number of carbonyl (C=O) groups excluding carboxylic acids is 2. The topological polar surface area (TPSA) is 127 Å². The molecule has 0 aliphatic carbocycles. The zero-order chi connectivity index (χ0) is 23.5. The Morgan fingerprint density at radius 1 is 1.09 bits per heavy atom. The summed E-state index contributed by atoms with van der Waals surface area (Å²) >= 11 is 0. The maximum atomic E-state index is 12.5. The summed E-state index contributed by atoms with van der Waals surface area (Å²) in [5.74, 6) is 0.150. The quantitative estimate of drug-likeness (QED) is 0.546. The van der Waals surface area contributed by atoms with Gasteiger partial charge in [0.2, 0.25) is 0 Å². The summed E-state index contributed by atoms with van der Waals surface area (Å²) in [6.45, 7) is 2.50. The number of ether oxygens (including phenoxy) is 4. The van der Waals surface area contributed by atoms with E-state index in [0.29, 0.717) is 23.7 Å². The van der Waals surface area contributed by atoms with Gasteiger partial charge in [-0.25, -0.2) is 14.3 Å². The van der Waals surface area contributed by atoms with Gasteiger partial charge < -0.3 is 18.9 Å². The van der Waals surface area contributed by atoms with Crippen LogP contribution in [0.3, 0.4) is 0 Å². The average molecular weight is 465 g/mol. The highest BCUT2D eigenvalue weighted by molar-refractivity contribution is 5.92. The minimum absolute atomic E-state index is 0.185. The molecule has 2 aromatic carbocycles. The first kappa shape index (κ1) is 22.0. The molecule has 0 unspecified atom stereocenters. The number of aromatic nitrogens is 4. The molecule has 2 saturated heterocycles. The van der Waals surface area contributed by atoms with Crippen molar-refractivity contribution >= 4 is 17.7 Å². The monoisotopic (exact) mass is 465 g/mol. The first-order valence-electron chi connectivity index (χ1n) is 11.0. The van der Waals surface area contributed by atoms with Crippen LogP contribution in [0.2, 0.25) is 0 Å². The van der Waals surface area contributed by atoms with Crippen LogP contribution in [0.5, 0.6) is 0 Å². The van der Waals surface area contributed by atoms with Gasteiger partial charge in [-0.1, -0.05) is 36.4 Å². The Balaban J connectivity index is 1.23. The van der Waals surface area contributed by atoms with E-state index in [9.17, 15) is 9.59 Å². The maximum absolute atomic E-state index is 12.5. The van der Waals surface area contributed by atoms with Gasteiger partial charge in [0.1, 0.15) is 18.2 Å². The number of nitrogens with zero attached hydrogens (tertiary/aromatic N) is 4. The molecule has 2 fully saturated rings. The summed E-state index contributed by atoms with van der Waals surface area (Å²) in [6.07, 6.45) is -2.08. The van der Waals surface area contributed by atoms with Crippen molar-refractivity contribution in [2.24, 2.45) is 0 Å². The molecule has 3 heterocycles. The van der Waals surface area contributed by atoms with E-state index < -0.39 is 24.3 Å². The average Bonchev–Trinajstić information content (AvgIpc) is 3.57. The molecule has 0 spiro atoms. The fourth-order valence-electron chi connectivity index (χ4n) is 4.17. The zero-order valence-corrected chi connectivity index (χ0v) is 18.4. The van der Waals surface area contributed by atoms with Gasteiger partial charge in [0.15, 0.2) is 11.9 Å². The lowest BCUT2D eigenvalue weighted by molar-refractivity contribution is 0.00774. The Bertz CT molecular complexity index is 1170. The van der Waals surface area contributed by atoms with Gasteiger partial charge >= 0.3 is 12.1 Å². The number of carbonyl (C=O) groups is 2. The van der Waals surface area contributed by atoms with Crippen molar-refractivity contribution in [1.29, 1.82) is 0 Å². The van der Waals surface area contributed by atoms with E-state index in [0.717, 1.165) is 5.56 Å². The Morgan fingerprint density at radius 2 is 1.91 bits per heavy atom. The van der Waals surface area contributed by atoms with E-state index in [1.54, 1.807) is 29.8 Å². The Morgan fingerprint density at radius 3 is 2.74 bits per heavy atom. The number of anilines is 1. The van der Waals surface area contributed by atoms with E-state index in [-0.39, 0.29) is 25.4 Å². The third-order valence-corrected chi connectivity index (χ3v) is 5.70. The van der Waals surface area contributed by atoms with Crippen molar-refractivity contribution in [1.82, 2.24) is 20.2 Å². The van der Waals surface area contributed by atoms with Gasteiger partial charge in [-0.15, -0.1) is 5.10 Å². The second-order valence-electron chi connectivity index (χ2n) is 7.85. The van der Waals surface area contributed by atoms with Gasteiger partial charge in [0.25, 0.3) is 0 Å². The van der Waals surface area contributed by atoms with Crippen molar-refractivity contribution in [3.05, 3.63) is 60.2 Å². The molecule has 34 heavy (non-hydrogen) atoms. The number of fused-ring (bicyclic) bond motifs is 1. The highest BCUT2D eigenvalue weighted by Crippen LogP contribution is 2.36. The van der Waals surface area contributed by atoms with Crippen LogP contribution < -0.4 is 5.32 Å². The molecule has 1 amide bonds. The molecule has 0 radical (unpaired) electrons. The molecule has 0 saturated carbocycles. The molecular weight excluding hydrogens is 442 g/mol. The SMILES string of the molecule is CCOC(=O)c1cccc(NC(=O)O[C@@H]2CO[C@H]3[C@@H]2OC[C@@H]3n2nnnc2-c2ccccc2)c1. The molecule has 2 aliphatic heterocycles. The first-order chi connectivity index (χ1) is 16.6. The van der Waals surface area contributed by atoms with Crippen LogP contribution in [0.1, 0.15) is 23.3 Å². The van der Waals surface area contributed by atoms with Crippen LogP contribution in [0.4, 0.5) is 10.5 Å². The molecule has 3 aromatic rings. The Hall–Kier alpha value is -3.83. The minimum Gasteiger partial charge on any atom is -0.462 e. The summed E-state index contributed by atoms with van der Waals surface area (Å²) in [6, 6.07) is 15.8. The number of rotatable bonds is 6. The number of hydrogen-bond donors (Lipinski definition) is 1. The summed E-state index contributed by atoms with van der Waals surface area (Å²) in [5.41, 5.74) is 1.63. The molecule has 2 aliphatic rings. The third-order valence-electron chi connectivity index (χ3n) is 5.70. The van der Waals surface area contributed by atoms with E-state index in [1.807, 2.05) is 30.3 Å². The fourth-order valence-corrected chi connectivity index (χ4v) is 4.17. The highest BCUT2D eigenvalue weighted by atomic mass is 16.6. The zero-order valence-electron chi connectivity index (χ0n) is 18.4. The van der Waals surface area contributed by atoms with Crippen molar-refractivity contribution in [3.63, 3.8) is 0 Å². The Kier molecular flexibility index (Phi) is 6.19. The lowest BCUT2D eigenvalue weighted by atomic mass is 10.1. The van der Waals surface area contributed by atoms with Crippen LogP contribution in [-0.2, 0) is 18.9 Å². The molecule has 1 N–H and O–H groups in total. The molecule has 1 aromatic heterocycles. The summed E-state index contributed by atoms with van der Waals surface area (Å²) in [7, 11) is 0. The summed E-state index contributed by atoms with van der Waals surface area (Å²) in [4.78, 5) is 24.4. The van der Waals surface area contributed by atoms with Gasteiger partial charge in [-0.3, -0.25) is 5.32 Å². The second kappa shape index (κ2) is 9.57. The number of esters is 1. The molecule has 4 atom stereocenters. The Labute approximate surface area is 194 Å². The molecule has 11 nitrogen and oxygen atoms in total. The third kappa shape index (κ3) is 4.35. The van der Waals surface area contributed by atoms with E-state index >= 15 is 0 Å². The first-order valence-corrected chi connectivity index (χ1v) is 11.0. The molecule has 0 bridgehead atoms. The highest BCUT2D eigenvalue weighted by Gasteiger charge is 2.51. The fraction of sp³-hybridized carbons (Fsp3) is 0.348. The number of nitrogens with one attached hydrogen (secondary N) is 1. The van der Waals surface area contributed by atoms with E-state index in [2.05, 4.69) is 20.8 Å². The van der Waals surface area contributed by atoms with Crippen LogP contribution in [0, 0.1) is 0 Å². The number of tetrazole rings is 1. The molecular formula is C23H23N5O6. The normalized spacial score (nSPS) is 23.3. The number of benzene rings is 2. The van der Waals surface area contributed by atoms with Gasteiger partial charge in [-0.2, -0.15) is 0 Å². The molecule has 5 rings (SSSR count). The van der Waals surface area contributed by atoms with Crippen molar-refractivity contribution < 1.29 is 28.5 Å². The second-order valence-corrected chi connectivity index (χ2v) is 7.85. The standard InChI is InChI=1S/C23H23N5O6/c1-2-31-22(29)15-9-6-10-16(11-15)24-23(30)34-18-13-33-19-17(12-32-20(18)19)28-21(25-26-27-28)14-7-4-3-5-8-14/h3-11,17-20H,2,12-13H2,1H3,(H,24,30)/t17-,18+,19+,20+/m0/s1. The number of amides is 1. The summed E-state index contributed by atoms with van der Waals surface area (Å²) < 4.78 is 24.1. The minimum atomic E-state index is -0.672. The lowest BCUT2D eigenvalue weighted by Gasteiger charge is -2.18. The van der Waals surface area contributed by atoms with E-state index in [1.165, 1.54) is 6.07 Å². The molecule has 11 heteroatoms. The van der Waals surface area contributed by atoms with Crippen molar-refractivity contribution in [3.8, 4) is 11.4 Å². The predicted molar refractivity (Wildman–Crippen MR) is 118 cm³/mol. The number of hydrogen-bond acceptors (Lipinski definition) is 9. The van der Waals surface area contributed by atoms with Crippen LogP contribution in [-0.4, -0.2) is 70.4 Å². The van der Waals surface area contributed by atoms with Crippen molar-refractivity contribution in [2.45, 2.75) is 31.3 Å². The lowest BCUT2D eigenvalue weighted by Crippen LogP contribution is -2.35. The molecule has 176 valence electrons. The van der Waals surface area contributed by atoms with Gasteiger partial charge in [0, 0.05) is 11.3 Å². The van der Waals surface area contributed by atoms with Crippen molar-refractivity contribution in [2.75, 3.05) is 25.1 Å². The van der Waals surface area contributed by atoms with E-state index in [4.69, 9.17) is 18.9 Å².